The zero-order valence-electron chi connectivity index (χ0n) is 26.1. The molecule has 9 heteroatoms. The average Bonchev–Trinajstić information content (AvgIpc) is 3.05. The van der Waals surface area contributed by atoms with Gasteiger partial charge in [-0.3, -0.25) is 19.3 Å². The summed E-state index contributed by atoms with van der Waals surface area (Å²) in [7, 11) is 1.45. The van der Waals surface area contributed by atoms with Gasteiger partial charge >= 0.3 is 0 Å². The Kier molecular flexibility index (Phi) is 9.80. The van der Waals surface area contributed by atoms with E-state index in [1.165, 1.54) is 7.11 Å². The molecular formula is C36H39N3O6. The molecule has 0 aliphatic carbocycles. The summed E-state index contributed by atoms with van der Waals surface area (Å²) in [6, 6.07) is 23.2. The van der Waals surface area contributed by atoms with Gasteiger partial charge in [0.15, 0.2) is 5.75 Å². The quantitative estimate of drug-likeness (QED) is 0.170. The molecule has 5 rings (SSSR count). The van der Waals surface area contributed by atoms with E-state index in [2.05, 4.69) is 15.5 Å². The lowest BCUT2D eigenvalue weighted by Crippen LogP contribution is -2.38. The maximum Gasteiger partial charge on any atom is 0.296 e. The summed E-state index contributed by atoms with van der Waals surface area (Å²) in [5, 5.41) is 7.04. The van der Waals surface area contributed by atoms with Gasteiger partial charge < -0.3 is 24.8 Å². The number of carbonyl (C=O) groups excluding carboxylic acids is 3. The number of benzene rings is 4. The van der Waals surface area contributed by atoms with E-state index >= 15 is 0 Å². The van der Waals surface area contributed by atoms with Crippen LogP contribution < -0.4 is 20.1 Å². The molecule has 4 aromatic rings. The smallest absolute Gasteiger partial charge is 0.296 e. The van der Waals surface area contributed by atoms with E-state index < -0.39 is 11.7 Å². The third-order valence-corrected chi connectivity index (χ3v) is 7.80. The highest BCUT2D eigenvalue weighted by atomic mass is 16.5. The number of Topliss-reactive ketones (excluding diaryl/α,β-unsaturated/α-hetero) is 1. The molecule has 0 spiro atoms. The molecule has 1 aliphatic rings. The number of amides is 2. The normalized spacial score (nSPS) is 13.7. The lowest BCUT2D eigenvalue weighted by Gasteiger charge is -2.26. The van der Waals surface area contributed by atoms with E-state index in [9.17, 15) is 14.4 Å². The van der Waals surface area contributed by atoms with Gasteiger partial charge in [0.05, 0.1) is 31.7 Å². The third kappa shape index (κ3) is 7.50. The number of hydrogen-bond acceptors (Lipinski definition) is 7. The molecule has 4 aromatic carbocycles. The Hall–Kier alpha value is -4.73. The topological polar surface area (TPSA) is 106 Å². The monoisotopic (exact) mass is 609 g/mol. The maximum absolute atomic E-state index is 13.6. The Balaban J connectivity index is 1.40. The summed E-state index contributed by atoms with van der Waals surface area (Å²) in [5.41, 5.74) is 1.88. The number of ether oxygens (including phenoxy) is 3. The van der Waals surface area contributed by atoms with Crippen LogP contribution in [0.3, 0.4) is 0 Å². The number of nitrogens with one attached hydrogen (secondary N) is 2. The molecule has 9 nitrogen and oxygen atoms in total. The molecule has 2 amide bonds. The fourth-order valence-electron chi connectivity index (χ4n) is 5.26. The molecule has 2 N–H and O–H groups in total. The minimum Gasteiger partial charge on any atom is -0.492 e. The van der Waals surface area contributed by atoms with Crippen LogP contribution in [0, 0.1) is 0 Å². The number of fused-ring (bicyclic) bond motifs is 1. The summed E-state index contributed by atoms with van der Waals surface area (Å²) in [5.74, 6) is -0.974. The van der Waals surface area contributed by atoms with E-state index in [4.69, 9.17) is 14.2 Å². The number of anilines is 2. The van der Waals surface area contributed by atoms with E-state index in [1.807, 2.05) is 57.2 Å². The Bertz CT molecular complexity index is 1690. The van der Waals surface area contributed by atoms with Crippen molar-refractivity contribution >= 4 is 39.7 Å². The molecule has 45 heavy (non-hydrogen) atoms. The van der Waals surface area contributed by atoms with Gasteiger partial charge in [-0.1, -0.05) is 63.2 Å². The first kappa shape index (κ1) is 31.7. The number of rotatable bonds is 10. The predicted molar refractivity (Wildman–Crippen MR) is 176 cm³/mol. The lowest BCUT2D eigenvalue weighted by molar-refractivity contribution is -0.112. The van der Waals surface area contributed by atoms with Crippen LogP contribution in [0.5, 0.6) is 11.5 Å². The SMILES string of the molecule is COc1c(NC(=O)C(=O)c2ccc(OCCN3CCOCC3)c3ccccc23)cc(C(C)(C)C)cc1NC(=O)c1ccccc1. The van der Waals surface area contributed by atoms with Crippen molar-refractivity contribution < 1.29 is 28.6 Å². The third-order valence-electron chi connectivity index (χ3n) is 7.80. The highest BCUT2D eigenvalue weighted by Gasteiger charge is 2.25. The zero-order valence-corrected chi connectivity index (χ0v) is 26.1. The fraction of sp³-hybridized carbons (Fsp3) is 0.306. The van der Waals surface area contributed by atoms with E-state index in [0.717, 1.165) is 43.8 Å². The minimum atomic E-state index is -0.828. The van der Waals surface area contributed by atoms with Crippen molar-refractivity contribution in [2.24, 2.45) is 0 Å². The summed E-state index contributed by atoms with van der Waals surface area (Å²) < 4.78 is 17.2. The van der Waals surface area contributed by atoms with E-state index in [1.54, 1.807) is 42.5 Å². The van der Waals surface area contributed by atoms with Crippen LogP contribution in [0.25, 0.3) is 10.8 Å². The number of hydrogen-bond donors (Lipinski definition) is 2. The molecule has 0 unspecified atom stereocenters. The van der Waals surface area contributed by atoms with Crippen LogP contribution in [0.1, 0.15) is 47.1 Å². The molecule has 1 heterocycles. The number of nitrogens with zero attached hydrogens (tertiary/aromatic N) is 1. The van der Waals surface area contributed by atoms with Crippen molar-refractivity contribution in [3.8, 4) is 11.5 Å². The Morgan fingerprint density at radius 1 is 0.844 bits per heavy atom. The molecule has 0 aromatic heterocycles. The molecule has 234 valence electrons. The molecule has 0 radical (unpaired) electrons. The van der Waals surface area contributed by atoms with Crippen LogP contribution in [0.4, 0.5) is 11.4 Å². The van der Waals surface area contributed by atoms with E-state index in [0.29, 0.717) is 29.0 Å². The van der Waals surface area contributed by atoms with Crippen molar-refractivity contribution in [3.05, 3.63) is 95.6 Å². The van der Waals surface area contributed by atoms with Gasteiger partial charge in [0.1, 0.15) is 12.4 Å². The largest absolute Gasteiger partial charge is 0.492 e. The van der Waals surface area contributed by atoms with Gasteiger partial charge in [0, 0.05) is 36.1 Å². The van der Waals surface area contributed by atoms with Crippen molar-refractivity contribution in [2.45, 2.75) is 26.2 Å². The van der Waals surface area contributed by atoms with Crippen LogP contribution in [-0.4, -0.2) is 69.1 Å². The highest BCUT2D eigenvalue weighted by Crippen LogP contribution is 2.39. The number of methoxy groups -OCH3 is 1. The van der Waals surface area contributed by atoms with Crippen LogP contribution >= 0.6 is 0 Å². The van der Waals surface area contributed by atoms with Gasteiger partial charge in [-0.25, -0.2) is 0 Å². The average molecular weight is 610 g/mol. The van der Waals surface area contributed by atoms with Crippen LogP contribution in [-0.2, 0) is 14.9 Å². The van der Waals surface area contributed by atoms with Gasteiger partial charge in [0.2, 0.25) is 0 Å². The second-order valence-corrected chi connectivity index (χ2v) is 11.9. The second kappa shape index (κ2) is 13.9. The first-order valence-corrected chi connectivity index (χ1v) is 15.0. The lowest BCUT2D eigenvalue weighted by atomic mass is 9.86. The minimum absolute atomic E-state index is 0.238. The Labute approximate surface area is 263 Å². The van der Waals surface area contributed by atoms with Gasteiger partial charge in [-0.15, -0.1) is 0 Å². The molecule has 1 aliphatic heterocycles. The number of carbonyl (C=O) groups is 3. The van der Waals surface area contributed by atoms with Crippen molar-refractivity contribution in [1.29, 1.82) is 0 Å². The Morgan fingerprint density at radius 3 is 2.16 bits per heavy atom. The number of morpholine rings is 1. The van der Waals surface area contributed by atoms with Gasteiger partial charge in [0.25, 0.3) is 17.6 Å². The predicted octanol–water partition coefficient (Wildman–Crippen LogP) is 5.93. The highest BCUT2D eigenvalue weighted by molar-refractivity contribution is 6.48. The van der Waals surface area contributed by atoms with Crippen molar-refractivity contribution in [2.75, 3.05) is 57.2 Å². The molecule has 1 saturated heterocycles. The molecule has 0 atom stereocenters. The second-order valence-electron chi connectivity index (χ2n) is 11.9. The number of ketones is 1. The fourth-order valence-corrected chi connectivity index (χ4v) is 5.26. The molecule has 1 fully saturated rings. The van der Waals surface area contributed by atoms with Crippen molar-refractivity contribution in [3.63, 3.8) is 0 Å². The van der Waals surface area contributed by atoms with Gasteiger partial charge in [-0.2, -0.15) is 0 Å². The standard InChI is InChI=1S/C36H39N3O6/c1-36(2,3)25-22-29(37-34(41)24-10-6-5-7-11-24)33(43-4)30(23-25)38-35(42)32(40)28-14-15-31(27-13-9-8-12-26(27)28)45-21-18-39-16-19-44-20-17-39/h5-15,22-23H,16-21H2,1-4H3,(H,37,41)(H,38,42). The maximum atomic E-state index is 13.6. The molecule has 0 bridgehead atoms. The van der Waals surface area contributed by atoms with E-state index in [-0.39, 0.29) is 28.3 Å². The Morgan fingerprint density at radius 2 is 1.49 bits per heavy atom. The molecular weight excluding hydrogens is 570 g/mol. The summed E-state index contributed by atoms with van der Waals surface area (Å²) >= 11 is 0. The van der Waals surface area contributed by atoms with Crippen LogP contribution in [0.15, 0.2) is 78.9 Å². The van der Waals surface area contributed by atoms with Crippen LogP contribution in [0.2, 0.25) is 0 Å². The summed E-state index contributed by atoms with van der Waals surface area (Å²) in [4.78, 5) is 42.5. The summed E-state index contributed by atoms with van der Waals surface area (Å²) in [6.45, 7) is 10.5. The first-order chi connectivity index (χ1) is 21.7. The first-order valence-electron chi connectivity index (χ1n) is 15.0. The van der Waals surface area contributed by atoms with Gasteiger partial charge in [-0.05, 0) is 52.8 Å². The van der Waals surface area contributed by atoms with Crippen molar-refractivity contribution in [1.82, 2.24) is 4.90 Å². The molecule has 0 saturated carbocycles. The summed E-state index contributed by atoms with van der Waals surface area (Å²) in [6.07, 6.45) is 0. The zero-order chi connectivity index (χ0) is 32.0.